The first-order valence-electron chi connectivity index (χ1n) is 7.22. The first-order chi connectivity index (χ1) is 11.0. The summed E-state index contributed by atoms with van der Waals surface area (Å²) in [6, 6.07) is 13.6. The molecule has 0 spiro atoms. The van der Waals surface area contributed by atoms with Gasteiger partial charge in [-0.15, -0.1) is 0 Å². The number of fused-ring (bicyclic) bond motifs is 1. The summed E-state index contributed by atoms with van der Waals surface area (Å²) in [5.41, 5.74) is 1.67. The predicted octanol–water partition coefficient (Wildman–Crippen LogP) is 2.40. The van der Waals surface area contributed by atoms with E-state index in [0.29, 0.717) is 12.1 Å². The van der Waals surface area contributed by atoms with Crippen molar-refractivity contribution in [3.63, 3.8) is 0 Å². The van der Waals surface area contributed by atoms with Crippen LogP contribution >= 0.6 is 0 Å². The molecular weight excluding hydrogens is 294 g/mol. The zero-order chi connectivity index (χ0) is 16.6. The Morgan fingerprint density at radius 2 is 1.83 bits per heavy atom. The Kier molecular flexibility index (Phi) is 3.70. The number of anilines is 1. The molecule has 116 valence electrons. The standard InChI is InChI=1S/C18H15NO4/c1-19-15-8-7-12(18(22)23)10-13(15)16(20)14(17(19)21)9-11-5-3-2-4-6-11/h2-8,10,14H,9H2,1H3,(H,22,23). The first-order valence-corrected chi connectivity index (χ1v) is 7.22. The van der Waals surface area contributed by atoms with E-state index in [1.54, 1.807) is 7.05 Å². The molecule has 3 rings (SSSR count). The van der Waals surface area contributed by atoms with E-state index in [-0.39, 0.29) is 22.8 Å². The predicted molar refractivity (Wildman–Crippen MR) is 84.8 cm³/mol. The summed E-state index contributed by atoms with van der Waals surface area (Å²) in [5, 5.41) is 9.10. The Morgan fingerprint density at radius 3 is 2.48 bits per heavy atom. The number of Topliss-reactive ketones (excluding diaryl/α,β-unsaturated/α-hetero) is 1. The van der Waals surface area contributed by atoms with Gasteiger partial charge in [0.25, 0.3) is 0 Å². The summed E-state index contributed by atoms with van der Waals surface area (Å²) < 4.78 is 0. The zero-order valence-corrected chi connectivity index (χ0v) is 12.5. The summed E-state index contributed by atoms with van der Waals surface area (Å²) in [4.78, 5) is 37.8. The van der Waals surface area contributed by atoms with Crippen LogP contribution in [0.3, 0.4) is 0 Å². The third-order valence-corrected chi connectivity index (χ3v) is 4.10. The lowest BCUT2D eigenvalue weighted by atomic mass is 9.85. The lowest BCUT2D eigenvalue weighted by Gasteiger charge is -2.30. The van der Waals surface area contributed by atoms with Gasteiger partial charge < -0.3 is 10.0 Å². The Balaban J connectivity index is 2.01. The number of nitrogens with zero attached hydrogens (tertiary/aromatic N) is 1. The molecule has 0 aromatic heterocycles. The molecule has 1 unspecified atom stereocenters. The van der Waals surface area contributed by atoms with Crippen molar-refractivity contribution in [3.8, 4) is 0 Å². The van der Waals surface area contributed by atoms with Gasteiger partial charge in [0, 0.05) is 12.6 Å². The van der Waals surface area contributed by atoms with E-state index in [0.717, 1.165) is 5.56 Å². The molecule has 0 radical (unpaired) electrons. The molecule has 23 heavy (non-hydrogen) atoms. The van der Waals surface area contributed by atoms with Crippen molar-refractivity contribution in [3.05, 3.63) is 65.2 Å². The van der Waals surface area contributed by atoms with Gasteiger partial charge in [0.1, 0.15) is 5.92 Å². The number of ketones is 1. The highest BCUT2D eigenvalue weighted by Crippen LogP contribution is 2.32. The highest BCUT2D eigenvalue weighted by molar-refractivity contribution is 6.22. The molecule has 1 heterocycles. The number of carboxylic acid groups (broad SMARTS) is 1. The number of carbonyl (C=O) groups excluding carboxylic acids is 2. The van der Waals surface area contributed by atoms with E-state index in [4.69, 9.17) is 5.11 Å². The van der Waals surface area contributed by atoms with Gasteiger partial charge in [-0.1, -0.05) is 30.3 Å². The molecule has 5 nitrogen and oxygen atoms in total. The number of rotatable bonds is 3. The van der Waals surface area contributed by atoms with Crippen molar-refractivity contribution in [2.75, 3.05) is 11.9 Å². The van der Waals surface area contributed by atoms with Crippen LogP contribution in [0, 0.1) is 5.92 Å². The van der Waals surface area contributed by atoms with Crippen LogP contribution in [-0.4, -0.2) is 29.8 Å². The molecule has 2 aromatic carbocycles. The van der Waals surface area contributed by atoms with Gasteiger partial charge in [0.15, 0.2) is 5.78 Å². The van der Waals surface area contributed by atoms with E-state index in [1.165, 1.54) is 23.1 Å². The Hall–Kier alpha value is -2.95. The van der Waals surface area contributed by atoms with E-state index >= 15 is 0 Å². The second kappa shape index (κ2) is 5.68. The third-order valence-electron chi connectivity index (χ3n) is 4.10. The van der Waals surface area contributed by atoms with E-state index < -0.39 is 11.9 Å². The van der Waals surface area contributed by atoms with Gasteiger partial charge in [-0.05, 0) is 30.2 Å². The molecule has 1 aliphatic heterocycles. The number of benzene rings is 2. The van der Waals surface area contributed by atoms with Crippen LogP contribution in [0.25, 0.3) is 0 Å². The summed E-state index contributed by atoms with van der Waals surface area (Å²) in [5.74, 6) is -2.51. The molecular formula is C18H15NO4. The van der Waals surface area contributed by atoms with Crippen molar-refractivity contribution in [1.82, 2.24) is 0 Å². The third kappa shape index (κ3) is 2.61. The summed E-state index contributed by atoms with van der Waals surface area (Å²) in [6.45, 7) is 0. The number of amides is 1. The smallest absolute Gasteiger partial charge is 0.335 e. The van der Waals surface area contributed by atoms with E-state index in [1.807, 2.05) is 30.3 Å². The zero-order valence-electron chi connectivity index (χ0n) is 12.5. The van der Waals surface area contributed by atoms with Crippen molar-refractivity contribution in [1.29, 1.82) is 0 Å². The molecule has 1 N–H and O–H groups in total. The highest BCUT2D eigenvalue weighted by atomic mass is 16.4. The topological polar surface area (TPSA) is 74.7 Å². The largest absolute Gasteiger partial charge is 0.478 e. The minimum absolute atomic E-state index is 0.0401. The molecule has 5 heteroatoms. The van der Waals surface area contributed by atoms with Gasteiger partial charge >= 0.3 is 5.97 Å². The highest BCUT2D eigenvalue weighted by Gasteiger charge is 2.38. The normalized spacial score (nSPS) is 17.1. The van der Waals surface area contributed by atoms with Gasteiger partial charge in [-0.2, -0.15) is 0 Å². The molecule has 0 saturated carbocycles. The Labute approximate surface area is 133 Å². The maximum atomic E-state index is 12.7. The second-order valence-corrected chi connectivity index (χ2v) is 5.54. The van der Waals surface area contributed by atoms with Crippen molar-refractivity contribution in [2.24, 2.45) is 5.92 Å². The van der Waals surface area contributed by atoms with Gasteiger partial charge in [-0.3, -0.25) is 9.59 Å². The average Bonchev–Trinajstić information content (AvgIpc) is 2.57. The number of hydrogen-bond donors (Lipinski definition) is 1. The second-order valence-electron chi connectivity index (χ2n) is 5.54. The monoisotopic (exact) mass is 309 g/mol. The van der Waals surface area contributed by atoms with E-state index in [9.17, 15) is 14.4 Å². The lowest BCUT2D eigenvalue weighted by molar-refractivity contribution is -0.120. The van der Waals surface area contributed by atoms with Crippen molar-refractivity contribution in [2.45, 2.75) is 6.42 Å². The molecule has 0 aliphatic carbocycles. The molecule has 1 amide bonds. The van der Waals surface area contributed by atoms with Crippen LogP contribution in [0.15, 0.2) is 48.5 Å². The van der Waals surface area contributed by atoms with E-state index in [2.05, 4.69) is 0 Å². The van der Waals surface area contributed by atoms with Crippen LogP contribution < -0.4 is 4.90 Å². The van der Waals surface area contributed by atoms with Gasteiger partial charge in [0.05, 0.1) is 11.3 Å². The quantitative estimate of drug-likeness (QED) is 0.884. The SMILES string of the molecule is CN1C(=O)C(Cc2ccccc2)C(=O)c2cc(C(=O)O)ccc21. The number of hydrogen-bond acceptors (Lipinski definition) is 3. The minimum Gasteiger partial charge on any atom is -0.478 e. The molecule has 0 bridgehead atoms. The first kappa shape index (κ1) is 15.0. The van der Waals surface area contributed by atoms with Crippen LogP contribution in [0.4, 0.5) is 5.69 Å². The fourth-order valence-corrected chi connectivity index (χ4v) is 2.84. The molecule has 0 fully saturated rings. The molecule has 1 atom stereocenters. The van der Waals surface area contributed by atoms with Crippen LogP contribution in [0.2, 0.25) is 0 Å². The van der Waals surface area contributed by atoms with Crippen LogP contribution in [0.5, 0.6) is 0 Å². The summed E-state index contributed by atoms with van der Waals surface area (Å²) in [7, 11) is 1.60. The van der Waals surface area contributed by atoms with Crippen LogP contribution in [-0.2, 0) is 11.2 Å². The number of carboxylic acids is 1. The minimum atomic E-state index is -1.10. The fraction of sp³-hybridized carbons (Fsp3) is 0.167. The molecule has 1 aliphatic rings. The average molecular weight is 309 g/mol. The van der Waals surface area contributed by atoms with Crippen molar-refractivity contribution < 1.29 is 19.5 Å². The van der Waals surface area contributed by atoms with Crippen molar-refractivity contribution >= 4 is 23.3 Å². The maximum Gasteiger partial charge on any atom is 0.335 e. The maximum absolute atomic E-state index is 12.7. The molecule has 2 aromatic rings. The summed E-state index contributed by atoms with van der Waals surface area (Å²) >= 11 is 0. The Bertz CT molecular complexity index is 798. The van der Waals surface area contributed by atoms with Crippen LogP contribution in [0.1, 0.15) is 26.3 Å². The lowest BCUT2D eigenvalue weighted by Crippen LogP contribution is -2.43. The van der Waals surface area contributed by atoms with Gasteiger partial charge in [-0.25, -0.2) is 4.79 Å². The Morgan fingerprint density at radius 1 is 1.13 bits per heavy atom. The van der Waals surface area contributed by atoms with Gasteiger partial charge in [0.2, 0.25) is 5.91 Å². The fourth-order valence-electron chi connectivity index (χ4n) is 2.84. The molecule has 0 saturated heterocycles. The summed E-state index contributed by atoms with van der Waals surface area (Å²) in [6.07, 6.45) is 0.305. The number of carbonyl (C=O) groups is 3. The number of aromatic carboxylic acids is 1.